The molecule has 1 saturated heterocycles. The van der Waals surface area contributed by atoms with Gasteiger partial charge in [-0.2, -0.15) is 0 Å². The highest BCUT2D eigenvalue weighted by molar-refractivity contribution is 6.06. The summed E-state index contributed by atoms with van der Waals surface area (Å²) in [4.78, 5) is 48.5. The number of imide groups is 1. The molecule has 1 aliphatic carbocycles. The molecular weight excluding hydrogens is 338 g/mol. The summed E-state index contributed by atoms with van der Waals surface area (Å²) in [5, 5.41) is 5.51. The third kappa shape index (κ3) is 5.19. The molecule has 0 aromatic rings. The van der Waals surface area contributed by atoms with Crippen LogP contribution in [0.4, 0.5) is 4.79 Å². The van der Waals surface area contributed by atoms with Crippen LogP contribution in [0.5, 0.6) is 0 Å². The maximum atomic E-state index is 12.0. The molecule has 4 amide bonds. The van der Waals surface area contributed by atoms with Gasteiger partial charge in [-0.15, -0.1) is 0 Å². The van der Waals surface area contributed by atoms with Crippen LogP contribution in [0.15, 0.2) is 0 Å². The lowest BCUT2D eigenvalue weighted by atomic mass is 9.86. The van der Waals surface area contributed by atoms with E-state index in [4.69, 9.17) is 4.74 Å². The predicted molar refractivity (Wildman–Crippen MR) is 94.1 cm³/mol. The number of urea groups is 1. The summed E-state index contributed by atoms with van der Waals surface area (Å²) in [7, 11) is 0. The van der Waals surface area contributed by atoms with Crippen LogP contribution in [-0.4, -0.2) is 53.4 Å². The second-order valence-corrected chi connectivity index (χ2v) is 7.71. The summed E-state index contributed by atoms with van der Waals surface area (Å²) in [5.74, 6) is -0.662. The van der Waals surface area contributed by atoms with Crippen molar-refractivity contribution in [3.63, 3.8) is 0 Å². The van der Waals surface area contributed by atoms with E-state index in [9.17, 15) is 19.2 Å². The van der Waals surface area contributed by atoms with E-state index in [2.05, 4.69) is 17.6 Å². The van der Waals surface area contributed by atoms with E-state index in [1.54, 1.807) is 13.8 Å². The molecule has 1 aliphatic heterocycles. The molecule has 26 heavy (non-hydrogen) atoms. The quantitative estimate of drug-likeness (QED) is 0.522. The van der Waals surface area contributed by atoms with Crippen LogP contribution in [0, 0.1) is 5.92 Å². The van der Waals surface area contributed by atoms with Gasteiger partial charge in [0.05, 0.1) is 0 Å². The van der Waals surface area contributed by atoms with Crippen molar-refractivity contribution in [2.75, 3.05) is 13.2 Å². The number of esters is 1. The predicted octanol–water partition coefficient (Wildman–Crippen LogP) is 1.34. The average molecular weight is 367 g/mol. The van der Waals surface area contributed by atoms with Gasteiger partial charge in [-0.05, 0) is 39.0 Å². The minimum absolute atomic E-state index is 0.0462. The largest absolute Gasteiger partial charge is 0.456 e. The topological polar surface area (TPSA) is 105 Å². The first-order valence-electron chi connectivity index (χ1n) is 9.30. The Morgan fingerprint density at radius 3 is 2.58 bits per heavy atom. The summed E-state index contributed by atoms with van der Waals surface area (Å²) in [5.41, 5.74) is -0.911. The highest BCUT2D eigenvalue weighted by Crippen LogP contribution is 2.23. The molecule has 1 saturated carbocycles. The fraction of sp³-hybridized carbons (Fsp3) is 0.778. The number of carbonyl (C=O) groups excluding carboxylic acids is 4. The van der Waals surface area contributed by atoms with E-state index in [-0.39, 0.29) is 37.4 Å². The van der Waals surface area contributed by atoms with Crippen LogP contribution in [0.2, 0.25) is 0 Å². The van der Waals surface area contributed by atoms with Crippen LogP contribution < -0.4 is 10.6 Å². The fourth-order valence-corrected chi connectivity index (χ4v) is 3.40. The van der Waals surface area contributed by atoms with Crippen LogP contribution in [0.3, 0.4) is 0 Å². The van der Waals surface area contributed by atoms with Gasteiger partial charge in [0.25, 0.3) is 11.8 Å². The molecule has 0 radical (unpaired) electrons. The molecule has 0 unspecified atom stereocenters. The van der Waals surface area contributed by atoms with Gasteiger partial charge in [0, 0.05) is 19.0 Å². The summed E-state index contributed by atoms with van der Waals surface area (Å²) in [6.07, 6.45) is 4.71. The van der Waals surface area contributed by atoms with E-state index in [0.29, 0.717) is 12.3 Å². The molecule has 8 heteroatoms. The zero-order chi connectivity index (χ0) is 19.3. The van der Waals surface area contributed by atoms with Gasteiger partial charge in [-0.25, -0.2) is 4.79 Å². The number of rotatable bonds is 7. The van der Waals surface area contributed by atoms with E-state index in [1.165, 1.54) is 6.42 Å². The molecule has 146 valence electrons. The van der Waals surface area contributed by atoms with Crippen molar-refractivity contribution in [3.05, 3.63) is 0 Å². The van der Waals surface area contributed by atoms with Gasteiger partial charge in [-0.3, -0.25) is 19.3 Å². The molecule has 1 heterocycles. The first kappa shape index (κ1) is 20.2. The third-order valence-corrected chi connectivity index (χ3v) is 5.03. The molecule has 2 atom stereocenters. The third-order valence-electron chi connectivity index (χ3n) is 5.03. The number of hydrogen-bond acceptors (Lipinski definition) is 5. The van der Waals surface area contributed by atoms with Gasteiger partial charge < -0.3 is 15.4 Å². The number of nitrogens with one attached hydrogen (secondary N) is 2. The maximum Gasteiger partial charge on any atom is 0.325 e. The minimum atomic E-state index is -0.911. The maximum absolute atomic E-state index is 12.0. The van der Waals surface area contributed by atoms with Crippen molar-refractivity contribution in [2.24, 2.45) is 5.92 Å². The number of nitrogens with zero attached hydrogens (tertiary/aromatic N) is 1. The second-order valence-electron chi connectivity index (χ2n) is 7.71. The van der Waals surface area contributed by atoms with Crippen molar-refractivity contribution < 1.29 is 23.9 Å². The summed E-state index contributed by atoms with van der Waals surface area (Å²) in [6, 6.07) is -0.299. The number of hydrogen-bond donors (Lipinski definition) is 2. The van der Waals surface area contributed by atoms with Crippen LogP contribution in [-0.2, 0) is 19.1 Å². The second kappa shape index (κ2) is 8.51. The van der Waals surface area contributed by atoms with Crippen LogP contribution in [0.25, 0.3) is 0 Å². The summed E-state index contributed by atoms with van der Waals surface area (Å²) in [6.45, 7) is 5.24. The van der Waals surface area contributed by atoms with Gasteiger partial charge in [0.2, 0.25) is 0 Å². The number of ether oxygens (including phenoxy) is 1. The Balaban J connectivity index is 1.64. The van der Waals surface area contributed by atoms with Crippen molar-refractivity contribution in [1.82, 2.24) is 15.5 Å². The summed E-state index contributed by atoms with van der Waals surface area (Å²) >= 11 is 0. The van der Waals surface area contributed by atoms with Crippen molar-refractivity contribution >= 4 is 23.8 Å². The monoisotopic (exact) mass is 367 g/mol. The SMILES string of the molecule is C[C@@H]1CCCC[C@@H]1NC(=O)COC(=O)CCCN1C(=O)NC(C)(C)C1=O. The number of carbonyl (C=O) groups is 4. The van der Waals surface area contributed by atoms with Crippen LogP contribution in [0.1, 0.15) is 59.3 Å². The molecule has 0 bridgehead atoms. The van der Waals surface area contributed by atoms with Gasteiger partial charge in [-0.1, -0.05) is 19.8 Å². The van der Waals surface area contributed by atoms with Gasteiger partial charge in [0.1, 0.15) is 5.54 Å². The summed E-state index contributed by atoms with van der Waals surface area (Å²) < 4.78 is 4.98. The lowest BCUT2D eigenvalue weighted by Crippen LogP contribution is -2.42. The average Bonchev–Trinajstić information content (AvgIpc) is 2.76. The molecule has 0 aromatic carbocycles. The number of amides is 4. The normalized spacial score (nSPS) is 25.0. The molecule has 2 rings (SSSR count). The Bertz CT molecular complexity index is 575. The molecule has 2 N–H and O–H groups in total. The van der Waals surface area contributed by atoms with E-state index < -0.39 is 17.5 Å². The van der Waals surface area contributed by atoms with Gasteiger partial charge in [0.15, 0.2) is 6.61 Å². The zero-order valence-corrected chi connectivity index (χ0v) is 15.8. The Morgan fingerprint density at radius 1 is 1.27 bits per heavy atom. The lowest BCUT2D eigenvalue weighted by Gasteiger charge is -2.29. The van der Waals surface area contributed by atoms with E-state index >= 15 is 0 Å². The highest BCUT2D eigenvalue weighted by Gasteiger charge is 2.43. The van der Waals surface area contributed by atoms with Crippen LogP contribution >= 0.6 is 0 Å². The fourth-order valence-electron chi connectivity index (χ4n) is 3.40. The van der Waals surface area contributed by atoms with Crippen molar-refractivity contribution in [1.29, 1.82) is 0 Å². The highest BCUT2D eigenvalue weighted by atomic mass is 16.5. The molecule has 2 fully saturated rings. The smallest absolute Gasteiger partial charge is 0.325 e. The molecule has 8 nitrogen and oxygen atoms in total. The van der Waals surface area contributed by atoms with Gasteiger partial charge >= 0.3 is 12.0 Å². The van der Waals surface area contributed by atoms with E-state index in [0.717, 1.165) is 24.2 Å². The molecular formula is C18H29N3O5. The molecule has 0 spiro atoms. The first-order valence-corrected chi connectivity index (χ1v) is 9.30. The minimum Gasteiger partial charge on any atom is -0.456 e. The zero-order valence-electron chi connectivity index (χ0n) is 15.8. The van der Waals surface area contributed by atoms with E-state index in [1.807, 2.05) is 0 Å². The van der Waals surface area contributed by atoms with Crippen molar-refractivity contribution in [2.45, 2.75) is 70.9 Å². The Kier molecular flexibility index (Phi) is 6.61. The molecule has 2 aliphatic rings. The first-order chi connectivity index (χ1) is 12.2. The molecule has 0 aromatic heterocycles. The standard InChI is InChI=1S/C18H29N3O5/c1-12-7-4-5-8-13(12)19-14(22)11-26-15(23)9-6-10-21-16(24)18(2,3)20-17(21)25/h12-13H,4-11H2,1-3H3,(H,19,22)(H,20,25)/t12-,13+/m1/s1. The lowest BCUT2D eigenvalue weighted by molar-refractivity contribution is -0.149. The van der Waals surface area contributed by atoms with Crippen molar-refractivity contribution in [3.8, 4) is 0 Å². The Morgan fingerprint density at radius 2 is 1.96 bits per heavy atom. The Hall–Kier alpha value is -2.12. The Labute approximate surface area is 154 Å².